The summed E-state index contributed by atoms with van der Waals surface area (Å²) in [5.74, 6) is -1.79. The summed E-state index contributed by atoms with van der Waals surface area (Å²) >= 11 is 0. The predicted molar refractivity (Wildman–Crippen MR) is 114 cm³/mol. The molecule has 0 saturated carbocycles. The first-order chi connectivity index (χ1) is 14.7. The number of carboxylic acids is 1. The highest BCUT2D eigenvalue weighted by molar-refractivity contribution is 5.87. The molecule has 0 aliphatic carbocycles. The van der Waals surface area contributed by atoms with Crippen LogP contribution in [-0.2, 0) is 29.7 Å². The fourth-order valence-electron chi connectivity index (χ4n) is 3.95. The monoisotopic (exact) mass is 424 g/mol. The molecule has 1 N–H and O–H groups in total. The van der Waals surface area contributed by atoms with Gasteiger partial charge in [-0.2, -0.15) is 0 Å². The number of carboxylic acid groups (broad SMARTS) is 1. The van der Waals surface area contributed by atoms with Gasteiger partial charge in [0.2, 0.25) is 0 Å². The molecule has 0 radical (unpaired) electrons. The fraction of sp³-hybridized carbons (Fsp3) is 0.318. The average Bonchev–Trinajstić information content (AvgIpc) is 3.27. The van der Waals surface area contributed by atoms with E-state index in [-0.39, 0.29) is 19.0 Å². The Labute approximate surface area is 178 Å². The second-order valence-corrected chi connectivity index (χ2v) is 7.79. The number of hydrogen-bond acceptors (Lipinski definition) is 6. The van der Waals surface area contributed by atoms with Crippen molar-refractivity contribution in [1.82, 2.24) is 14.6 Å². The lowest BCUT2D eigenvalue weighted by Crippen LogP contribution is -2.47. The molecular weight excluding hydrogens is 400 g/mol. The number of carbonyl (C=O) groups is 2. The maximum atomic E-state index is 13.1. The van der Waals surface area contributed by atoms with Gasteiger partial charge in [-0.1, -0.05) is 24.3 Å². The van der Waals surface area contributed by atoms with Crippen molar-refractivity contribution >= 4 is 28.7 Å². The summed E-state index contributed by atoms with van der Waals surface area (Å²) in [6.45, 7) is 2.57. The fourth-order valence-corrected chi connectivity index (χ4v) is 3.95. The van der Waals surface area contributed by atoms with E-state index in [1.165, 1.54) is 20.6 Å². The molecule has 0 fully saturated rings. The zero-order valence-electron chi connectivity index (χ0n) is 17.7. The summed E-state index contributed by atoms with van der Waals surface area (Å²) < 4.78 is 6.64. The van der Waals surface area contributed by atoms with Crippen molar-refractivity contribution in [1.29, 1.82) is 0 Å². The molecule has 9 heteroatoms. The van der Waals surface area contributed by atoms with Crippen molar-refractivity contribution in [3.63, 3.8) is 0 Å². The van der Waals surface area contributed by atoms with Gasteiger partial charge < -0.3 is 14.4 Å². The van der Waals surface area contributed by atoms with E-state index in [0.717, 1.165) is 5.56 Å². The number of rotatable bonds is 6. The molecule has 0 unspecified atom stereocenters. The van der Waals surface area contributed by atoms with Gasteiger partial charge in [0.15, 0.2) is 5.58 Å². The molecule has 9 nitrogen and oxygen atoms in total. The lowest BCUT2D eigenvalue weighted by atomic mass is 10.1. The number of hydrazine groups is 1. The van der Waals surface area contributed by atoms with Crippen molar-refractivity contribution in [2.45, 2.75) is 20.0 Å². The van der Waals surface area contributed by atoms with Crippen LogP contribution in [0.5, 0.6) is 0 Å². The van der Waals surface area contributed by atoms with Crippen LogP contribution in [0.2, 0.25) is 0 Å². The first-order valence-electron chi connectivity index (χ1n) is 9.89. The van der Waals surface area contributed by atoms with Crippen LogP contribution in [0, 0.1) is 6.92 Å². The molecule has 4 rings (SSSR count). The number of fused-ring (bicyclic) bond motifs is 2. The van der Waals surface area contributed by atoms with Crippen LogP contribution < -0.4 is 10.7 Å². The molecule has 162 valence electrons. The van der Waals surface area contributed by atoms with Crippen LogP contribution in [0.4, 0.5) is 5.69 Å². The Bertz CT molecular complexity index is 1200. The summed E-state index contributed by atoms with van der Waals surface area (Å²) in [7, 11) is 3.30. The van der Waals surface area contributed by atoms with Crippen molar-refractivity contribution < 1.29 is 19.1 Å². The van der Waals surface area contributed by atoms with Gasteiger partial charge in [-0.15, -0.1) is 0 Å². The van der Waals surface area contributed by atoms with E-state index in [2.05, 4.69) is 0 Å². The lowest BCUT2D eigenvalue weighted by Gasteiger charge is -2.31. The summed E-state index contributed by atoms with van der Waals surface area (Å²) in [6.07, 6.45) is 0. The highest BCUT2D eigenvalue weighted by Crippen LogP contribution is 2.27. The van der Waals surface area contributed by atoms with Crippen LogP contribution in [0.25, 0.3) is 11.1 Å². The summed E-state index contributed by atoms with van der Waals surface area (Å²) in [4.78, 5) is 37.9. The van der Waals surface area contributed by atoms with E-state index < -0.39 is 11.7 Å². The minimum absolute atomic E-state index is 0.126. The van der Waals surface area contributed by atoms with E-state index >= 15 is 0 Å². The van der Waals surface area contributed by atoms with E-state index in [0.29, 0.717) is 29.9 Å². The first-order valence-corrected chi connectivity index (χ1v) is 9.89. The van der Waals surface area contributed by atoms with Gasteiger partial charge in [-0.05, 0) is 29.7 Å². The smallest absolute Gasteiger partial charge is 0.419 e. The van der Waals surface area contributed by atoms with Crippen molar-refractivity contribution in [2.24, 2.45) is 7.05 Å². The second-order valence-electron chi connectivity index (χ2n) is 7.79. The Morgan fingerprint density at radius 3 is 2.39 bits per heavy atom. The molecule has 0 spiro atoms. The predicted octanol–water partition coefficient (Wildman–Crippen LogP) is 1.72. The van der Waals surface area contributed by atoms with Gasteiger partial charge in [0.05, 0.1) is 12.1 Å². The van der Waals surface area contributed by atoms with Crippen LogP contribution >= 0.6 is 0 Å². The SMILES string of the molecule is Cc1cc2c(cc1N(CC(=O)O)CC(=O)N(C)N1Cc3ccccc3C1)oc(=O)n2C. The molecule has 2 aromatic carbocycles. The minimum atomic E-state index is -1.06. The second kappa shape index (κ2) is 7.92. The Kier molecular flexibility index (Phi) is 5.28. The van der Waals surface area contributed by atoms with Crippen LogP contribution in [0.15, 0.2) is 45.6 Å². The Balaban J connectivity index is 1.58. The van der Waals surface area contributed by atoms with Crippen LogP contribution in [-0.4, -0.2) is 51.7 Å². The standard InChI is InChI=1S/C22H24N4O5/c1-14-8-18-19(31-22(30)23(18)2)9-17(14)25(13-21(28)29)12-20(27)24(3)26-10-15-6-4-5-7-16(15)11-26/h4-9H,10-13H2,1-3H3,(H,28,29). The number of hydrogen-bond donors (Lipinski definition) is 1. The lowest BCUT2D eigenvalue weighted by molar-refractivity contribution is -0.145. The van der Waals surface area contributed by atoms with Crippen LogP contribution in [0.1, 0.15) is 16.7 Å². The molecule has 0 bridgehead atoms. The molecule has 3 aromatic rings. The molecule has 1 aromatic heterocycles. The van der Waals surface area contributed by atoms with Gasteiger partial charge in [0.25, 0.3) is 5.91 Å². The highest BCUT2D eigenvalue weighted by atomic mass is 16.4. The quantitative estimate of drug-likeness (QED) is 0.643. The largest absolute Gasteiger partial charge is 0.480 e. The molecular formula is C22H24N4O5. The van der Waals surface area contributed by atoms with E-state index in [4.69, 9.17) is 4.42 Å². The number of anilines is 1. The third kappa shape index (κ3) is 3.91. The molecule has 0 atom stereocenters. The van der Waals surface area contributed by atoms with E-state index in [1.807, 2.05) is 36.2 Å². The molecule has 1 aliphatic rings. The van der Waals surface area contributed by atoms with Crippen LogP contribution in [0.3, 0.4) is 0 Å². The third-order valence-electron chi connectivity index (χ3n) is 5.71. The number of carbonyl (C=O) groups excluding carboxylic acids is 1. The Morgan fingerprint density at radius 2 is 1.77 bits per heavy atom. The highest BCUT2D eigenvalue weighted by Gasteiger charge is 2.27. The number of aliphatic carboxylic acids is 1. The minimum Gasteiger partial charge on any atom is -0.480 e. The van der Waals surface area contributed by atoms with Gasteiger partial charge in [-0.25, -0.2) is 9.80 Å². The number of benzene rings is 2. The van der Waals surface area contributed by atoms with Gasteiger partial charge in [-0.3, -0.25) is 19.2 Å². The Morgan fingerprint density at radius 1 is 1.13 bits per heavy atom. The van der Waals surface area contributed by atoms with Crippen molar-refractivity contribution in [3.05, 3.63) is 63.6 Å². The normalized spacial score (nSPS) is 13.4. The molecule has 0 saturated heterocycles. The number of aromatic nitrogens is 1. The average molecular weight is 424 g/mol. The molecule has 31 heavy (non-hydrogen) atoms. The Hall–Kier alpha value is -3.59. The van der Waals surface area contributed by atoms with Gasteiger partial charge in [0.1, 0.15) is 6.54 Å². The summed E-state index contributed by atoms with van der Waals surface area (Å²) in [6, 6.07) is 11.4. The first kappa shape index (κ1) is 20.7. The number of oxazole rings is 1. The number of likely N-dealkylation sites (N-methyl/N-ethyl adjacent to an activating group) is 1. The summed E-state index contributed by atoms with van der Waals surface area (Å²) in [5.41, 5.74) is 4.58. The zero-order valence-corrected chi connectivity index (χ0v) is 17.7. The number of aryl methyl sites for hydroxylation is 2. The third-order valence-corrected chi connectivity index (χ3v) is 5.71. The maximum absolute atomic E-state index is 13.1. The van der Waals surface area contributed by atoms with E-state index in [1.54, 1.807) is 31.2 Å². The zero-order chi connectivity index (χ0) is 22.3. The summed E-state index contributed by atoms with van der Waals surface area (Å²) in [5, 5.41) is 12.9. The van der Waals surface area contributed by atoms with Crippen molar-refractivity contribution in [3.8, 4) is 0 Å². The van der Waals surface area contributed by atoms with Gasteiger partial charge >= 0.3 is 11.7 Å². The van der Waals surface area contributed by atoms with Gasteiger partial charge in [0, 0.05) is 38.9 Å². The molecule has 1 amide bonds. The number of nitrogens with zero attached hydrogens (tertiary/aromatic N) is 4. The topological polar surface area (TPSA) is 99.2 Å². The van der Waals surface area contributed by atoms with E-state index in [9.17, 15) is 19.5 Å². The number of amides is 1. The molecule has 1 aliphatic heterocycles. The van der Waals surface area contributed by atoms with Crippen molar-refractivity contribution in [2.75, 3.05) is 25.0 Å². The molecule has 2 heterocycles. The maximum Gasteiger partial charge on any atom is 0.419 e.